The lowest BCUT2D eigenvalue weighted by Gasteiger charge is -2.14. The van der Waals surface area contributed by atoms with Crippen molar-refractivity contribution in [1.82, 2.24) is 0 Å². The van der Waals surface area contributed by atoms with Crippen molar-refractivity contribution in [2.45, 2.75) is 26.1 Å². The van der Waals surface area contributed by atoms with Gasteiger partial charge in [0.05, 0.1) is 13.2 Å². The van der Waals surface area contributed by atoms with E-state index in [1.807, 2.05) is 0 Å². The second-order valence-electron chi connectivity index (χ2n) is 6.53. The highest BCUT2D eigenvalue weighted by atomic mass is 16.5. The molecule has 0 unspecified atom stereocenters. The van der Waals surface area contributed by atoms with E-state index >= 15 is 0 Å². The van der Waals surface area contributed by atoms with Crippen molar-refractivity contribution in [3.8, 4) is 0 Å². The molecule has 0 saturated heterocycles. The summed E-state index contributed by atoms with van der Waals surface area (Å²) in [7, 11) is 3.49. The smallest absolute Gasteiger partial charge is 0.0715 e. The summed E-state index contributed by atoms with van der Waals surface area (Å²) in [6, 6.07) is 25.8. The Hall–Kier alpha value is -2.42. The molecule has 0 aliphatic carbocycles. The highest BCUT2D eigenvalue weighted by Gasteiger charge is 2.09. The Balaban J connectivity index is 1.88. The predicted molar refractivity (Wildman–Crippen MR) is 106 cm³/mol. The number of rotatable bonds is 8. The Labute approximate surface area is 156 Å². The standard InChI is InChI=1S/C24H26O2/c1-25-17-23-13-7-5-11-21(23)15-19-9-3-4-10-20(19)16-22-12-6-8-14-24(22)18-26-2/h3-14H,15-18H2,1-2H3. The summed E-state index contributed by atoms with van der Waals surface area (Å²) < 4.78 is 10.7. The fourth-order valence-corrected chi connectivity index (χ4v) is 3.37. The molecule has 0 amide bonds. The van der Waals surface area contributed by atoms with Crippen LogP contribution < -0.4 is 0 Å². The van der Waals surface area contributed by atoms with E-state index in [2.05, 4.69) is 72.8 Å². The first-order valence-corrected chi connectivity index (χ1v) is 9.00. The van der Waals surface area contributed by atoms with Crippen molar-refractivity contribution in [3.63, 3.8) is 0 Å². The van der Waals surface area contributed by atoms with Gasteiger partial charge in [0, 0.05) is 14.2 Å². The maximum Gasteiger partial charge on any atom is 0.0715 e. The minimum atomic E-state index is 0.648. The molecule has 0 fully saturated rings. The quantitative estimate of drug-likeness (QED) is 0.561. The van der Waals surface area contributed by atoms with Crippen LogP contribution in [0.2, 0.25) is 0 Å². The normalized spacial score (nSPS) is 10.8. The Bertz CT molecular complexity index is 768. The van der Waals surface area contributed by atoms with E-state index in [0.29, 0.717) is 13.2 Å². The molecule has 0 aliphatic heterocycles. The van der Waals surface area contributed by atoms with E-state index in [1.54, 1.807) is 14.2 Å². The predicted octanol–water partition coefficient (Wildman–Crippen LogP) is 5.16. The van der Waals surface area contributed by atoms with Crippen LogP contribution in [0.5, 0.6) is 0 Å². The first-order chi connectivity index (χ1) is 12.8. The highest BCUT2D eigenvalue weighted by molar-refractivity contribution is 5.40. The minimum absolute atomic E-state index is 0.648. The number of ether oxygens (including phenoxy) is 2. The van der Waals surface area contributed by atoms with Crippen molar-refractivity contribution in [2.75, 3.05) is 14.2 Å². The average molecular weight is 346 g/mol. The molecule has 2 nitrogen and oxygen atoms in total. The van der Waals surface area contributed by atoms with Crippen LogP contribution >= 0.6 is 0 Å². The van der Waals surface area contributed by atoms with E-state index in [-0.39, 0.29) is 0 Å². The van der Waals surface area contributed by atoms with Crippen molar-refractivity contribution in [3.05, 3.63) is 106 Å². The number of methoxy groups -OCH3 is 2. The number of hydrogen-bond donors (Lipinski definition) is 0. The summed E-state index contributed by atoms with van der Waals surface area (Å²) in [5.74, 6) is 0. The van der Waals surface area contributed by atoms with E-state index in [0.717, 1.165) is 12.8 Å². The zero-order chi connectivity index (χ0) is 18.2. The van der Waals surface area contributed by atoms with Gasteiger partial charge in [0.15, 0.2) is 0 Å². The molecule has 0 heterocycles. The fourth-order valence-electron chi connectivity index (χ4n) is 3.37. The van der Waals surface area contributed by atoms with Crippen molar-refractivity contribution < 1.29 is 9.47 Å². The molecule has 2 heteroatoms. The largest absolute Gasteiger partial charge is 0.380 e. The monoisotopic (exact) mass is 346 g/mol. The summed E-state index contributed by atoms with van der Waals surface area (Å²) in [5.41, 5.74) is 7.89. The maximum absolute atomic E-state index is 5.36. The third-order valence-electron chi connectivity index (χ3n) is 4.72. The van der Waals surface area contributed by atoms with E-state index < -0.39 is 0 Å². The molecule has 134 valence electrons. The Morgan fingerprint density at radius 3 is 1.04 bits per heavy atom. The average Bonchev–Trinajstić information content (AvgIpc) is 2.67. The SMILES string of the molecule is COCc1ccccc1Cc1ccccc1Cc1ccccc1COC. The van der Waals surface area contributed by atoms with Crippen LogP contribution in [0.15, 0.2) is 72.8 Å². The van der Waals surface area contributed by atoms with Crippen molar-refractivity contribution in [2.24, 2.45) is 0 Å². The molecule has 0 aromatic heterocycles. The molecular weight excluding hydrogens is 320 g/mol. The summed E-state index contributed by atoms with van der Waals surface area (Å²) in [6.07, 6.45) is 1.84. The molecule has 3 aromatic carbocycles. The third-order valence-corrected chi connectivity index (χ3v) is 4.72. The van der Waals surface area contributed by atoms with Crippen LogP contribution in [0, 0.1) is 0 Å². The second kappa shape index (κ2) is 9.33. The number of benzene rings is 3. The molecule has 3 aromatic rings. The van der Waals surface area contributed by atoms with E-state index in [9.17, 15) is 0 Å². The van der Waals surface area contributed by atoms with Gasteiger partial charge in [-0.25, -0.2) is 0 Å². The van der Waals surface area contributed by atoms with Gasteiger partial charge < -0.3 is 9.47 Å². The molecule has 0 aliphatic rings. The van der Waals surface area contributed by atoms with Crippen LogP contribution in [-0.2, 0) is 35.5 Å². The van der Waals surface area contributed by atoms with Crippen LogP contribution in [-0.4, -0.2) is 14.2 Å². The lowest BCUT2D eigenvalue weighted by Crippen LogP contribution is -2.02. The first-order valence-electron chi connectivity index (χ1n) is 9.00. The van der Waals surface area contributed by atoms with Crippen molar-refractivity contribution >= 4 is 0 Å². The van der Waals surface area contributed by atoms with E-state index in [1.165, 1.54) is 33.4 Å². The fraction of sp³-hybridized carbons (Fsp3) is 0.250. The maximum atomic E-state index is 5.36. The lowest BCUT2D eigenvalue weighted by atomic mass is 9.92. The van der Waals surface area contributed by atoms with Gasteiger partial charge in [-0.3, -0.25) is 0 Å². The molecule has 3 rings (SSSR count). The molecule has 0 radical (unpaired) electrons. The minimum Gasteiger partial charge on any atom is -0.380 e. The van der Waals surface area contributed by atoms with Gasteiger partial charge in [0.1, 0.15) is 0 Å². The molecule has 0 saturated carbocycles. The molecule has 0 spiro atoms. The van der Waals surface area contributed by atoms with Gasteiger partial charge in [-0.15, -0.1) is 0 Å². The summed E-state index contributed by atoms with van der Waals surface area (Å²) in [4.78, 5) is 0. The van der Waals surface area contributed by atoms with Gasteiger partial charge in [0.2, 0.25) is 0 Å². The van der Waals surface area contributed by atoms with Gasteiger partial charge in [-0.1, -0.05) is 72.8 Å². The van der Waals surface area contributed by atoms with Crippen LogP contribution in [0.3, 0.4) is 0 Å². The van der Waals surface area contributed by atoms with Gasteiger partial charge in [0.25, 0.3) is 0 Å². The lowest BCUT2D eigenvalue weighted by molar-refractivity contribution is 0.184. The zero-order valence-corrected chi connectivity index (χ0v) is 15.6. The Morgan fingerprint density at radius 1 is 0.462 bits per heavy atom. The second-order valence-corrected chi connectivity index (χ2v) is 6.53. The van der Waals surface area contributed by atoms with Gasteiger partial charge >= 0.3 is 0 Å². The Kier molecular flexibility index (Phi) is 6.59. The molecule has 0 bridgehead atoms. The van der Waals surface area contributed by atoms with Gasteiger partial charge in [-0.05, 0) is 46.2 Å². The zero-order valence-electron chi connectivity index (χ0n) is 15.6. The highest BCUT2D eigenvalue weighted by Crippen LogP contribution is 2.22. The van der Waals surface area contributed by atoms with Crippen molar-refractivity contribution in [1.29, 1.82) is 0 Å². The number of hydrogen-bond acceptors (Lipinski definition) is 2. The molecule has 26 heavy (non-hydrogen) atoms. The summed E-state index contributed by atoms with van der Waals surface area (Å²) >= 11 is 0. The van der Waals surface area contributed by atoms with Gasteiger partial charge in [-0.2, -0.15) is 0 Å². The van der Waals surface area contributed by atoms with E-state index in [4.69, 9.17) is 9.47 Å². The molecular formula is C24H26O2. The summed E-state index contributed by atoms with van der Waals surface area (Å²) in [5, 5.41) is 0. The topological polar surface area (TPSA) is 18.5 Å². The van der Waals surface area contributed by atoms with Crippen LogP contribution in [0.4, 0.5) is 0 Å². The first kappa shape index (κ1) is 18.4. The third kappa shape index (κ3) is 4.60. The molecule has 0 atom stereocenters. The summed E-state index contributed by atoms with van der Waals surface area (Å²) in [6.45, 7) is 1.30. The van der Waals surface area contributed by atoms with Crippen LogP contribution in [0.1, 0.15) is 33.4 Å². The van der Waals surface area contributed by atoms with Crippen LogP contribution in [0.25, 0.3) is 0 Å². The Morgan fingerprint density at radius 2 is 0.731 bits per heavy atom. The molecule has 0 N–H and O–H groups in total.